The maximum Gasteiger partial charge on any atom is 0.397 e. The van der Waals surface area contributed by atoms with Crippen molar-refractivity contribution >= 4 is 10.8 Å². The van der Waals surface area contributed by atoms with Gasteiger partial charge in [0.15, 0.2) is 0 Å². The van der Waals surface area contributed by atoms with Crippen LogP contribution in [0.1, 0.15) is 12.0 Å². The molecule has 0 fully saturated rings. The molecule has 0 heterocycles. The molecule has 0 amide bonds. The van der Waals surface area contributed by atoms with Crippen LogP contribution in [-0.4, -0.2) is 12.3 Å². The van der Waals surface area contributed by atoms with E-state index >= 15 is 0 Å². The topological polar surface area (TPSA) is 18.5 Å². The average Bonchev–Trinajstić information content (AvgIpc) is 2.35. The number of halogens is 5. The highest BCUT2D eigenvalue weighted by Gasteiger charge is 2.45. The molecule has 0 bridgehead atoms. The Hall–Kier alpha value is -1.73. The number of fused-ring (bicyclic) bond motifs is 1. The molecule has 2 aromatic rings. The van der Waals surface area contributed by atoms with Crippen molar-refractivity contribution in [3.63, 3.8) is 0 Å². The molecular formula is C14H11F5O2. The van der Waals surface area contributed by atoms with Gasteiger partial charge in [-0.25, -0.2) is 4.89 Å². The number of alkyl halides is 5. The fourth-order valence-corrected chi connectivity index (χ4v) is 1.78. The lowest BCUT2D eigenvalue weighted by Crippen LogP contribution is -2.28. The summed E-state index contributed by atoms with van der Waals surface area (Å²) in [5.41, 5.74) is 0.511. The van der Waals surface area contributed by atoms with Gasteiger partial charge >= 0.3 is 12.3 Å². The summed E-state index contributed by atoms with van der Waals surface area (Å²) in [6.45, 7) is -0.377. The predicted molar refractivity (Wildman–Crippen MR) is 65.4 cm³/mol. The second kappa shape index (κ2) is 5.95. The van der Waals surface area contributed by atoms with Crippen LogP contribution in [0, 0.1) is 0 Å². The van der Waals surface area contributed by atoms with Crippen LogP contribution in [0.3, 0.4) is 0 Å². The fourth-order valence-electron chi connectivity index (χ4n) is 1.78. The first-order valence-electron chi connectivity index (χ1n) is 5.98. The van der Waals surface area contributed by atoms with Crippen LogP contribution in [0.25, 0.3) is 10.8 Å². The van der Waals surface area contributed by atoms with Crippen LogP contribution >= 0.6 is 0 Å². The number of rotatable bonds is 5. The number of hydrogen-bond donors (Lipinski definition) is 0. The zero-order valence-electron chi connectivity index (χ0n) is 10.7. The summed E-state index contributed by atoms with van der Waals surface area (Å²) in [6.07, 6.45) is -11.8. The highest BCUT2D eigenvalue weighted by Crippen LogP contribution is 2.32. The van der Waals surface area contributed by atoms with Crippen LogP contribution in [0.4, 0.5) is 22.0 Å². The van der Waals surface area contributed by atoms with E-state index < -0.39 is 18.7 Å². The molecule has 0 unspecified atom stereocenters. The van der Waals surface area contributed by atoms with E-state index in [1.807, 2.05) is 18.2 Å². The van der Waals surface area contributed by atoms with Crippen molar-refractivity contribution < 1.29 is 31.7 Å². The van der Waals surface area contributed by atoms with E-state index in [1.54, 1.807) is 24.3 Å². The standard InChI is InChI=1S/C14H11F5O2/c15-13(16,17)9-14(18,19)21-20-8-10-5-6-11-3-1-2-4-12(11)7-10/h1-7H,8-9H2. The van der Waals surface area contributed by atoms with Gasteiger partial charge in [0, 0.05) is 0 Å². The lowest BCUT2D eigenvalue weighted by atomic mass is 10.1. The fraction of sp³-hybridized carbons (Fsp3) is 0.286. The van der Waals surface area contributed by atoms with Crippen molar-refractivity contribution in [2.75, 3.05) is 0 Å². The molecule has 0 radical (unpaired) electrons. The third-order valence-corrected chi connectivity index (χ3v) is 2.63. The van der Waals surface area contributed by atoms with E-state index in [9.17, 15) is 22.0 Å². The Morgan fingerprint density at radius 2 is 1.52 bits per heavy atom. The van der Waals surface area contributed by atoms with Crippen LogP contribution in [0.2, 0.25) is 0 Å². The summed E-state index contributed by atoms with van der Waals surface area (Å²) in [7, 11) is 0. The average molecular weight is 306 g/mol. The van der Waals surface area contributed by atoms with Gasteiger partial charge in [-0.1, -0.05) is 36.4 Å². The molecule has 21 heavy (non-hydrogen) atoms. The van der Waals surface area contributed by atoms with Crippen LogP contribution < -0.4 is 0 Å². The Bertz CT molecular complexity index is 610. The van der Waals surface area contributed by atoms with E-state index in [0.717, 1.165) is 10.8 Å². The van der Waals surface area contributed by atoms with Crippen LogP contribution in [0.5, 0.6) is 0 Å². The Balaban J connectivity index is 1.93. The quantitative estimate of drug-likeness (QED) is 0.447. The molecule has 2 rings (SSSR count). The minimum atomic E-state index is -5.03. The van der Waals surface area contributed by atoms with Gasteiger partial charge in [0.25, 0.3) is 0 Å². The molecule has 2 aromatic carbocycles. The Kier molecular flexibility index (Phi) is 4.43. The molecule has 0 aliphatic carbocycles. The smallest absolute Gasteiger partial charge is 0.226 e. The summed E-state index contributed by atoms with van der Waals surface area (Å²) < 4.78 is 61.2. The molecular weight excluding hydrogens is 295 g/mol. The zero-order valence-corrected chi connectivity index (χ0v) is 10.7. The second-order valence-corrected chi connectivity index (χ2v) is 4.46. The lowest BCUT2D eigenvalue weighted by molar-refractivity contribution is -0.457. The van der Waals surface area contributed by atoms with Crippen molar-refractivity contribution in [1.29, 1.82) is 0 Å². The van der Waals surface area contributed by atoms with Gasteiger partial charge < -0.3 is 0 Å². The molecule has 0 atom stereocenters. The van der Waals surface area contributed by atoms with Crippen molar-refractivity contribution in [3.05, 3.63) is 48.0 Å². The second-order valence-electron chi connectivity index (χ2n) is 4.46. The van der Waals surface area contributed by atoms with Gasteiger partial charge in [-0.05, 0) is 22.4 Å². The van der Waals surface area contributed by atoms with Gasteiger partial charge in [0.05, 0.1) is 0 Å². The summed E-state index contributed by atoms with van der Waals surface area (Å²) in [6, 6.07) is 12.4. The predicted octanol–water partition coefficient (Wildman–Crippen LogP) is 4.83. The maximum absolute atomic E-state index is 12.8. The van der Waals surface area contributed by atoms with Crippen LogP contribution in [-0.2, 0) is 16.4 Å². The highest BCUT2D eigenvalue weighted by molar-refractivity contribution is 5.82. The number of hydrogen-bond acceptors (Lipinski definition) is 2. The Labute approximate surface area is 117 Å². The minimum Gasteiger partial charge on any atom is -0.226 e. The van der Waals surface area contributed by atoms with Crippen molar-refractivity contribution in [1.82, 2.24) is 0 Å². The number of benzene rings is 2. The van der Waals surface area contributed by atoms with Gasteiger partial charge in [-0.3, -0.25) is 0 Å². The first-order valence-corrected chi connectivity index (χ1v) is 5.98. The third kappa shape index (κ3) is 4.95. The molecule has 0 aliphatic rings. The first kappa shape index (κ1) is 15.7. The Morgan fingerprint density at radius 3 is 2.19 bits per heavy atom. The molecule has 0 aromatic heterocycles. The summed E-state index contributed by atoms with van der Waals surface area (Å²) in [5.74, 6) is 0. The molecule has 0 spiro atoms. The maximum atomic E-state index is 12.8. The zero-order chi connectivity index (χ0) is 15.5. The van der Waals surface area contributed by atoms with Gasteiger partial charge in [0.2, 0.25) is 0 Å². The first-order chi connectivity index (χ1) is 9.75. The Morgan fingerprint density at radius 1 is 0.857 bits per heavy atom. The van der Waals surface area contributed by atoms with Gasteiger partial charge in [-0.15, -0.1) is 0 Å². The molecule has 2 nitrogen and oxygen atoms in total. The minimum absolute atomic E-state index is 0.377. The molecule has 0 saturated carbocycles. The van der Waals surface area contributed by atoms with Crippen LogP contribution in [0.15, 0.2) is 42.5 Å². The van der Waals surface area contributed by atoms with Gasteiger partial charge in [-0.2, -0.15) is 26.8 Å². The molecule has 0 saturated heterocycles. The van der Waals surface area contributed by atoms with E-state index in [4.69, 9.17) is 0 Å². The van der Waals surface area contributed by atoms with E-state index in [-0.39, 0.29) is 6.61 Å². The van der Waals surface area contributed by atoms with E-state index in [1.165, 1.54) is 0 Å². The lowest BCUT2D eigenvalue weighted by Gasteiger charge is -2.17. The largest absolute Gasteiger partial charge is 0.397 e. The highest BCUT2D eigenvalue weighted by atomic mass is 19.4. The summed E-state index contributed by atoms with van der Waals surface area (Å²) in [5, 5.41) is 1.81. The molecule has 0 N–H and O–H groups in total. The normalized spacial score (nSPS) is 12.8. The molecule has 7 heteroatoms. The van der Waals surface area contributed by atoms with E-state index in [0.29, 0.717) is 5.56 Å². The molecule has 114 valence electrons. The monoisotopic (exact) mass is 306 g/mol. The summed E-state index contributed by atoms with van der Waals surface area (Å²) >= 11 is 0. The molecule has 0 aliphatic heterocycles. The van der Waals surface area contributed by atoms with Gasteiger partial charge in [0.1, 0.15) is 13.0 Å². The van der Waals surface area contributed by atoms with E-state index in [2.05, 4.69) is 9.78 Å². The van der Waals surface area contributed by atoms with Crippen molar-refractivity contribution in [3.8, 4) is 0 Å². The SMILES string of the molecule is FC(F)(F)CC(F)(F)OOCc1ccc2ccccc2c1. The summed E-state index contributed by atoms with van der Waals surface area (Å²) in [4.78, 5) is 7.80. The van der Waals surface area contributed by atoms with Crippen molar-refractivity contribution in [2.45, 2.75) is 25.3 Å². The van der Waals surface area contributed by atoms with Crippen molar-refractivity contribution in [2.24, 2.45) is 0 Å². The third-order valence-electron chi connectivity index (χ3n) is 2.63.